The van der Waals surface area contributed by atoms with Gasteiger partial charge in [-0.2, -0.15) is 0 Å². The summed E-state index contributed by atoms with van der Waals surface area (Å²) >= 11 is 1.43. The molecule has 5 heteroatoms. The second-order valence-corrected chi connectivity index (χ2v) is 6.32. The third-order valence-electron chi connectivity index (χ3n) is 3.55. The number of carbonyl (C=O) groups excluding carboxylic acids is 1. The van der Waals surface area contributed by atoms with E-state index in [1.54, 1.807) is 0 Å². The van der Waals surface area contributed by atoms with Crippen molar-refractivity contribution in [3.8, 4) is 11.8 Å². The molecule has 0 spiro atoms. The number of thiophene rings is 1. The van der Waals surface area contributed by atoms with Gasteiger partial charge in [-0.3, -0.25) is 4.79 Å². The molecule has 2 rings (SSSR count). The zero-order valence-corrected chi connectivity index (χ0v) is 13.3. The van der Waals surface area contributed by atoms with Crippen molar-refractivity contribution in [2.75, 3.05) is 26.2 Å². The van der Waals surface area contributed by atoms with Crippen molar-refractivity contribution in [3.63, 3.8) is 0 Å². The highest BCUT2D eigenvalue weighted by Gasteiger charge is 2.17. The fourth-order valence-corrected chi connectivity index (χ4v) is 3.35. The molecule has 1 aliphatic rings. The lowest BCUT2D eigenvalue weighted by Gasteiger charge is -2.29. The van der Waals surface area contributed by atoms with E-state index in [1.165, 1.54) is 30.6 Å². The first kappa shape index (κ1) is 16.0. The van der Waals surface area contributed by atoms with Gasteiger partial charge in [-0.1, -0.05) is 18.3 Å². The Morgan fingerprint density at radius 1 is 1.48 bits per heavy atom. The first-order valence-corrected chi connectivity index (χ1v) is 8.38. The Hall–Kier alpha value is -1.35. The van der Waals surface area contributed by atoms with Gasteiger partial charge in [0.25, 0.3) is 5.91 Å². The summed E-state index contributed by atoms with van der Waals surface area (Å²) in [7, 11) is 0. The van der Waals surface area contributed by atoms with E-state index in [2.05, 4.69) is 29.0 Å². The number of amides is 1. The van der Waals surface area contributed by atoms with Crippen LogP contribution in [0.3, 0.4) is 0 Å². The largest absolute Gasteiger partial charge is 0.348 e. The van der Waals surface area contributed by atoms with E-state index in [9.17, 15) is 4.79 Å². The highest BCUT2D eigenvalue weighted by Crippen LogP contribution is 2.16. The molecule has 0 radical (unpaired) electrons. The zero-order chi connectivity index (χ0) is 15.1. The SMILES string of the molecule is CC(CN1CCCCC1)NC(=O)c1sccc1C#CCN. The van der Waals surface area contributed by atoms with Gasteiger partial charge in [0.1, 0.15) is 4.88 Å². The van der Waals surface area contributed by atoms with E-state index in [4.69, 9.17) is 5.73 Å². The van der Waals surface area contributed by atoms with E-state index in [-0.39, 0.29) is 11.9 Å². The predicted molar refractivity (Wildman–Crippen MR) is 87.5 cm³/mol. The average molecular weight is 305 g/mol. The Labute approximate surface area is 130 Å². The summed E-state index contributed by atoms with van der Waals surface area (Å²) in [4.78, 5) is 15.4. The van der Waals surface area contributed by atoms with Gasteiger partial charge >= 0.3 is 0 Å². The molecule has 21 heavy (non-hydrogen) atoms. The Morgan fingerprint density at radius 3 is 2.95 bits per heavy atom. The third-order valence-corrected chi connectivity index (χ3v) is 4.47. The fraction of sp³-hybridized carbons (Fsp3) is 0.562. The monoisotopic (exact) mass is 305 g/mol. The molecular weight excluding hydrogens is 282 g/mol. The first-order chi connectivity index (χ1) is 10.2. The molecule has 114 valence electrons. The molecule has 1 fully saturated rings. The standard InChI is InChI=1S/C16H23N3OS/c1-13(12-19-9-3-2-4-10-19)18-16(20)15-14(6-5-8-17)7-11-21-15/h7,11,13H,2-4,8-10,12,17H2,1H3,(H,18,20). The van der Waals surface area contributed by atoms with Crippen LogP contribution in [0.25, 0.3) is 0 Å². The minimum absolute atomic E-state index is 0.0316. The molecule has 1 amide bonds. The fourth-order valence-electron chi connectivity index (χ4n) is 2.59. The van der Waals surface area contributed by atoms with Gasteiger partial charge in [0, 0.05) is 18.2 Å². The molecule has 1 aromatic heterocycles. The third kappa shape index (κ3) is 4.85. The molecule has 1 atom stereocenters. The number of hydrogen-bond acceptors (Lipinski definition) is 4. The van der Waals surface area contributed by atoms with Crippen LogP contribution in [0.1, 0.15) is 41.4 Å². The smallest absolute Gasteiger partial charge is 0.262 e. The average Bonchev–Trinajstić information content (AvgIpc) is 2.94. The van der Waals surface area contributed by atoms with Crippen molar-refractivity contribution in [1.29, 1.82) is 0 Å². The first-order valence-electron chi connectivity index (χ1n) is 7.50. The number of likely N-dealkylation sites (tertiary alicyclic amines) is 1. The number of carbonyl (C=O) groups is 1. The van der Waals surface area contributed by atoms with Gasteiger partial charge in [-0.15, -0.1) is 11.3 Å². The van der Waals surface area contributed by atoms with Gasteiger partial charge in [-0.05, 0) is 44.3 Å². The zero-order valence-electron chi connectivity index (χ0n) is 12.5. The molecule has 1 unspecified atom stereocenters. The predicted octanol–water partition coefficient (Wildman–Crippen LogP) is 1.66. The van der Waals surface area contributed by atoms with E-state index in [0.29, 0.717) is 11.4 Å². The van der Waals surface area contributed by atoms with Gasteiger partial charge in [0.05, 0.1) is 6.54 Å². The molecule has 1 aromatic rings. The van der Waals surface area contributed by atoms with Gasteiger partial charge in [0.15, 0.2) is 0 Å². The number of nitrogens with two attached hydrogens (primary N) is 1. The molecule has 0 aliphatic carbocycles. The maximum Gasteiger partial charge on any atom is 0.262 e. The number of nitrogens with zero attached hydrogens (tertiary/aromatic N) is 1. The summed E-state index contributed by atoms with van der Waals surface area (Å²) in [5.74, 6) is 5.72. The lowest BCUT2D eigenvalue weighted by molar-refractivity contribution is 0.0929. The molecule has 0 aromatic carbocycles. The van der Waals surface area contributed by atoms with Crippen LogP contribution in [-0.4, -0.2) is 43.0 Å². The van der Waals surface area contributed by atoms with Crippen LogP contribution in [0.4, 0.5) is 0 Å². The van der Waals surface area contributed by atoms with E-state index in [0.717, 1.165) is 25.2 Å². The van der Waals surface area contributed by atoms with Crippen LogP contribution < -0.4 is 11.1 Å². The highest BCUT2D eigenvalue weighted by molar-refractivity contribution is 7.12. The van der Waals surface area contributed by atoms with Crippen molar-refractivity contribution in [2.24, 2.45) is 5.73 Å². The molecule has 2 heterocycles. The number of piperidine rings is 1. The van der Waals surface area contributed by atoms with Gasteiger partial charge < -0.3 is 16.0 Å². The van der Waals surface area contributed by atoms with Crippen molar-refractivity contribution < 1.29 is 4.79 Å². The van der Waals surface area contributed by atoms with Crippen LogP contribution in [0.15, 0.2) is 11.4 Å². The normalized spacial score (nSPS) is 16.9. The van der Waals surface area contributed by atoms with Crippen molar-refractivity contribution in [2.45, 2.75) is 32.2 Å². The van der Waals surface area contributed by atoms with Crippen LogP contribution in [0.5, 0.6) is 0 Å². The molecule has 1 aliphatic heterocycles. The summed E-state index contributed by atoms with van der Waals surface area (Å²) in [6.45, 7) is 5.58. The summed E-state index contributed by atoms with van der Waals surface area (Å²) < 4.78 is 0. The van der Waals surface area contributed by atoms with Crippen LogP contribution in [0.2, 0.25) is 0 Å². The molecule has 0 bridgehead atoms. The number of rotatable bonds is 4. The lowest BCUT2D eigenvalue weighted by Crippen LogP contribution is -2.43. The quantitative estimate of drug-likeness (QED) is 0.832. The molecule has 0 saturated carbocycles. The minimum atomic E-state index is -0.0316. The lowest BCUT2D eigenvalue weighted by atomic mass is 10.1. The minimum Gasteiger partial charge on any atom is -0.348 e. The van der Waals surface area contributed by atoms with E-state index in [1.807, 2.05) is 11.4 Å². The topological polar surface area (TPSA) is 58.4 Å². The van der Waals surface area contributed by atoms with Crippen LogP contribution >= 0.6 is 11.3 Å². The summed E-state index contributed by atoms with van der Waals surface area (Å²) in [6, 6.07) is 2.02. The number of nitrogens with one attached hydrogen (secondary N) is 1. The molecule has 3 N–H and O–H groups in total. The molecular formula is C16H23N3OS. The molecule has 1 saturated heterocycles. The maximum absolute atomic E-state index is 12.3. The van der Waals surface area contributed by atoms with Crippen molar-refractivity contribution in [3.05, 3.63) is 21.9 Å². The Morgan fingerprint density at radius 2 is 2.24 bits per heavy atom. The molecule has 4 nitrogen and oxygen atoms in total. The summed E-state index contributed by atoms with van der Waals surface area (Å²) in [5.41, 5.74) is 6.15. The van der Waals surface area contributed by atoms with Crippen LogP contribution in [0, 0.1) is 11.8 Å². The second-order valence-electron chi connectivity index (χ2n) is 5.41. The van der Waals surface area contributed by atoms with Gasteiger partial charge in [0.2, 0.25) is 0 Å². The van der Waals surface area contributed by atoms with E-state index < -0.39 is 0 Å². The number of hydrogen-bond donors (Lipinski definition) is 2. The van der Waals surface area contributed by atoms with Crippen molar-refractivity contribution >= 4 is 17.2 Å². The Kier molecular flexibility index (Phi) is 6.24. The van der Waals surface area contributed by atoms with E-state index >= 15 is 0 Å². The Balaban J connectivity index is 1.89. The highest BCUT2D eigenvalue weighted by atomic mass is 32.1. The van der Waals surface area contributed by atoms with Gasteiger partial charge in [-0.25, -0.2) is 0 Å². The van der Waals surface area contributed by atoms with Crippen LogP contribution in [-0.2, 0) is 0 Å². The van der Waals surface area contributed by atoms with Crippen molar-refractivity contribution in [1.82, 2.24) is 10.2 Å². The Bertz CT molecular complexity index is 523. The summed E-state index contributed by atoms with van der Waals surface area (Å²) in [6.07, 6.45) is 3.87. The summed E-state index contributed by atoms with van der Waals surface area (Å²) in [5, 5.41) is 4.97. The maximum atomic E-state index is 12.3. The second kappa shape index (κ2) is 8.18.